The van der Waals surface area contributed by atoms with Crippen molar-refractivity contribution in [2.45, 2.75) is 33.2 Å². The molecule has 0 bridgehead atoms. The average molecular weight is 290 g/mol. The summed E-state index contributed by atoms with van der Waals surface area (Å²) in [5.41, 5.74) is 1.94. The number of carbonyl (C=O) groups excluding carboxylic acids is 2. The van der Waals surface area contributed by atoms with Crippen LogP contribution in [0.1, 0.15) is 37.6 Å². The number of esters is 1. The molecule has 0 aliphatic heterocycles. The van der Waals surface area contributed by atoms with Crippen LogP contribution in [-0.4, -0.2) is 24.0 Å². The highest BCUT2D eigenvalue weighted by atomic mass is 16.5. The van der Waals surface area contributed by atoms with Crippen molar-refractivity contribution >= 4 is 11.9 Å². The third kappa shape index (κ3) is 3.40. The Morgan fingerprint density at radius 3 is 2.67 bits per heavy atom. The van der Waals surface area contributed by atoms with Crippen LogP contribution in [0.4, 0.5) is 0 Å². The van der Waals surface area contributed by atoms with Gasteiger partial charge in [0, 0.05) is 6.20 Å². The number of amides is 1. The summed E-state index contributed by atoms with van der Waals surface area (Å²) in [4.78, 5) is 28.1. The number of nitrogens with one attached hydrogen (secondary N) is 1. The Bertz CT molecular complexity index is 542. The van der Waals surface area contributed by atoms with Crippen molar-refractivity contribution in [3.05, 3.63) is 29.6 Å². The predicted molar refractivity (Wildman–Crippen MR) is 78.3 cm³/mol. The van der Waals surface area contributed by atoms with Crippen LogP contribution in [0, 0.1) is 24.7 Å². The van der Waals surface area contributed by atoms with Crippen molar-refractivity contribution in [2.24, 2.45) is 17.8 Å². The molecule has 3 unspecified atom stereocenters. The number of aryl methyl sites for hydroxylation is 1. The van der Waals surface area contributed by atoms with Crippen LogP contribution in [0.5, 0.6) is 0 Å². The van der Waals surface area contributed by atoms with E-state index in [2.05, 4.69) is 15.0 Å². The number of aromatic nitrogens is 1. The smallest absolute Gasteiger partial charge is 0.309 e. The van der Waals surface area contributed by atoms with Crippen molar-refractivity contribution < 1.29 is 14.3 Å². The van der Waals surface area contributed by atoms with Gasteiger partial charge in [0.1, 0.15) is 0 Å². The maximum Gasteiger partial charge on any atom is 0.309 e. The Morgan fingerprint density at radius 1 is 1.38 bits per heavy atom. The number of hydrogen-bond acceptors (Lipinski definition) is 4. The summed E-state index contributed by atoms with van der Waals surface area (Å²) in [7, 11) is 1.35. The number of hydrogen-bond donors (Lipinski definition) is 1. The van der Waals surface area contributed by atoms with Crippen molar-refractivity contribution in [1.82, 2.24) is 10.3 Å². The van der Waals surface area contributed by atoms with Crippen molar-refractivity contribution in [1.29, 1.82) is 0 Å². The van der Waals surface area contributed by atoms with E-state index < -0.39 is 0 Å². The van der Waals surface area contributed by atoms with E-state index in [4.69, 9.17) is 0 Å². The molecule has 1 N–H and O–H groups in total. The number of pyridine rings is 1. The van der Waals surface area contributed by atoms with Crippen LogP contribution < -0.4 is 5.32 Å². The maximum atomic E-state index is 12.3. The molecule has 0 radical (unpaired) electrons. The standard InChI is InChI=1S/C16H22N2O3/c1-9(2)13(14-10(3)6-5-7-17-14)18-15(19)11-8-12(11)16(20)21-4/h5-7,9,11-13H,8H2,1-4H3,(H,18,19). The monoisotopic (exact) mass is 290 g/mol. The normalized spacial score (nSPS) is 21.8. The van der Waals surface area contributed by atoms with Gasteiger partial charge in [-0.25, -0.2) is 0 Å². The van der Waals surface area contributed by atoms with Crippen LogP contribution in [0.2, 0.25) is 0 Å². The molecule has 1 saturated carbocycles. The van der Waals surface area contributed by atoms with Gasteiger partial charge in [-0.1, -0.05) is 19.9 Å². The van der Waals surface area contributed by atoms with Gasteiger partial charge in [0.15, 0.2) is 0 Å². The highest BCUT2D eigenvalue weighted by Crippen LogP contribution is 2.40. The molecule has 1 aromatic rings. The Morgan fingerprint density at radius 2 is 2.10 bits per heavy atom. The topological polar surface area (TPSA) is 68.3 Å². The van der Waals surface area contributed by atoms with E-state index in [-0.39, 0.29) is 35.7 Å². The summed E-state index contributed by atoms with van der Waals surface area (Å²) >= 11 is 0. The molecular weight excluding hydrogens is 268 g/mol. The molecule has 1 heterocycles. The fourth-order valence-corrected chi connectivity index (χ4v) is 2.53. The second-order valence-electron chi connectivity index (χ2n) is 5.91. The van der Waals surface area contributed by atoms with Crippen LogP contribution in [0.15, 0.2) is 18.3 Å². The van der Waals surface area contributed by atoms with Crippen molar-refractivity contribution in [3.8, 4) is 0 Å². The largest absolute Gasteiger partial charge is 0.469 e. The number of rotatable bonds is 5. The molecule has 1 fully saturated rings. The number of carbonyl (C=O) groups is 2. The van der Waals surface area contributed by atoms with Gasteiger partial charge in [0.25, 0.3) is 0 Å². The summed E-state index contributed by atoms with van der Waals surface area (Å²) < 4.78 is 4.68. The molecule has 1 aliphatic rings. The molecule has 3 atom stereocenters. The van der Waals surface area contributed by atoms with Gasteiger partial charge >= 0.3 is 5.97 Å². The lowest BCUT2D eigenvalue weighted by molar-refractivity contribution is -0.143. The van der Waals surface area contributed by atoms with E-state index in [1.54, 1.807) is 6.20 Å². The predicted octanol–water partition coefficient (Wildman–Crippen LogP) is 2.01. The first-order valence-corrected chi connectivity index (χ1v) is 7.25. The Balaban J connectivity index is 2.07. The number of methoxy groups -OCH3 is 1. The van der Waals surface area contributed by atoms with Gasteiger partial charge in [-0.3, -0.25) is 14.6 Å². The van der Waals surface area contributed by atoms with E-state index in [1.165, 1.54) is 7.11 Å². The molecule has 2 rings (SSSR count). The second kappa shape index (κ2) is 6.24. The van der Waals surface area contributed by atoms with Gasteiger partial charge < -0.3 is 10.1 Å². The molecule has 5 nitrogen and oxygen atoms in total. The minimum Gasteiger partial charge on any atom is -0.469 e. The van der Waals surface area contributed by atoms with E-state index in [1.807, 2.05) is 32.9 Å². The first-order valence-electron chi connectivity index (χ1n) is 7.25. The Hall–Kier alpha value is -1.91. The highest BCUT2D eigenvalue weighted by molar-refractivity contribution is 5.90. The molecule has 0 saturated heterocycles. The first-order chi connectivity index (χ1) is 9.95. The van der Waals surface area contributed by atoms with E-state index >= 15 is 0 Å². The molecule has 1 amide bonds. The fourth-order valence-electron chi connectivity index (χ4n) is 2.53. The summed E-state index contributed by atoms with van der Waals surface area (Å²) in [5, 5.41) is 3.04. The summed E-state index contributed by atoms with van der Waals surface area (Å²) in [6.45, 7) is 6.08. The first kappa shape index (κ1) is 15.5. The molecule has 1 aliphatic carbocycles. The van der Waals surface area contributed by atoms with Crippen molar-refractivity contribution in [3.63, 3.8) is 0 Å². The zero-order valence-corrected chi connectivity index (χ0v) is 12.9. The lowest BCUT2D eigenvalue weighted by atomic mass is 9.97. The average Bonchev–Trinajstić information content (AvgIpc) is 3.25. The van der Waals surface area contributed by atoms with Crippen LogP contribution >= 0.6 is 0 Å². The minimum absolute atomic E-state index is 0.0887. The van der Waals surface area contributed by atoms with Gasteiger partial charge in [-0.15, -0.1) is 0 Å². The van der Waals surface area contributed by atoms with Gasteiger partial charge in [-0.05, 0) is 30.9 Å². The molecular formula is C16H22N2O3. The zero-order valence-electron chi connectivity index (χ0n) is 12.9. The maximum absolute atomic E-state index is 12.3. The minimum atomic E-state index is -0.301. The van der Waals surface area contributed by atoms with Crippen LogP contribution in [-0.2, 0) is 14.3 Å². The van der Waals surface area contributed by atoms with Gasteiger partial charge in [0.05, 0.1) is 30.7 Å². The number of ether oxygens (including phenoxy) is 1. The van der Waals surface area contributed by atoms with Crippen molar-refractivity contribution in [2.75, 3.05) is 7.11 Å². The second-order valence-corrected chi connectivity index (χ2v) is 5.91. The Kier molecular flexibility index (Phi) is 4.60. The summed E-state index contributed by atoms with van der Waals surface area (Å²) in [6, 6.07) is 3.72. The molecule has 5 heteroatoms. The molecule has 0 aromatic carbocycles. The highest BCUT2D eigenvalue weighted by Gasteiger charge is 2.49. The SMILES string of the molecule is COC(=O)C1CC1C(=O)NC(c1ncccc1C)C(C)C. The lowest BCUT2D eigenvalue weighted by Gasteiger charge is -2.23. The lowest BCUT2D eigenvalue weighted by Crippen LogP contribution is -2.34. The van der Waals surface area contributed by atoms with Gasteiger partial charge in [0.2, 0.25) is 5.91 Å². The molecule has 0 spiro atoms. The quantitative estimate of drug-likeness (QED) is 0.842. The zero-order chi connectivity index (χ0) is 15.6. The molecule has 21 heavy (non-hydrogen) atoms. The summed E-state index contributed by atoms with van der Waals surface area (Å²) in [5.74, 6) is -0.715. The molecule has 1 aromatic heterocycles. The fraction of sp³-hybridized carbons (Fsp3) is 0.562. The van der Waals surface area contributed by atoms with Crippen LogP contribution in [0.25, 0.3) is 0 Å². The third-order valence-electron chi connectivity index (χ3n) is 3.94. The molecule has 114 valence electrons. The Labute approximate surface area is 125 Å². The van der Waals surface area contributed by atoms with E-state index in [0.717, 1.165) is 11.3 Å². The van der Waals surface area contributed by atoms with Gasteiger partial charge in [-0.2, -0.15) is 0 Å². The van der Waals surface area contributed by atoms with E-state index in [0.29, 0.717) is 6.42 Å². The van der Waals surface area contributed by atoms with E-state index in [9.17, 15) is 9.59 Å². The summed E-state index contributed by atoms with van der Waals surface area (Å²) in [6.07, 6.45) is 2.31. The third-order valence-corrected chi connectivity index (χ3v) is 3.94. The number of nitrogens with zero attached hydrogens (tertiary/aromatic N) is 1. The van der Waals surface area contributed by atoms with Crippen LogP contribution in [0.3, 0.4) is 0 Å².